The lowest BCUT2D eigenvalue weighted by molar-refractivity contribution is 0.194. The first-order valence-corrected chi connectivity index (χ1v) is 7.85. The van der Waals surface area contributed by atoms with Gasteiger partial charge in [-0.15, -0.1) is 0 Å². The summed E-state index contributed by atoms with van der Waals surface area (Å²) in [5.41, 5.74) is 2.68. The minimum Gasteiger partial charge on any atom is -0.396 e. The van der Waals surface area contributed by atoms with Gasteiger partial charge in [0.15, 0.2) is 0 Å². The van der Waals surface area contributed by atoms with Gasteiger partial charge in [0, 0.05) is 6.61 Å². The first kappa shape index (κ1) is 16.2. The van der Waals surface area contributed by atoms with Gasteiger partial charge >= 0.3 is 0 Å². The van der Waals surface area contributed by atoms with Crippen molar-refractivity contribution in [3.8, 4) is 0 Å². The molecule has 0 saturated heterocycles. The molecule has 1 N–H and O–H groups in total. The fourth-order valence-corrected chi connectivity index (χ4v) is 2.85. The molecule has 2 unspecified atom stereocenters. The van der Waals surface area contributed by atoms with E-state index in [1.54, 1.807) is 0 Å². The van der Waals surface area contributed by atoms with Crippen LogP contribution >= 0.6 is 0 Å². The quantitative estimate of drug-likeness (QED) is 0.680. The van der Waals surface area contributed by atoms with Crippen molar-refractivity contribution in [3.05, 3.63) is 35.4 Å². The normalized spacial score (nSPS) is 14.3. The predicted molar refractivity (Wildman–Crippen MR) is 83.4 cm³/mol. The van der Waals surface area contributed by atoms with Crippen LogP contribution in [0.5, 0.6) is 0 Å². The summed E-state index contributed by atoms with van der Waals surface area (Å²) in [6, 6.07) is 8.68. The molecule has 0 fully saturated rings. The molecule has 2 atom stereocenters. The van der Waals surface area contributed by atoms with Crippen LogP contribution in [0.3, 0.4) is 0 Å². The summed E-state index contributed by atoms with van der Waals surface area (Å²) in [6.45, 7) is 6.98. The number of benzene rings is 1. The van der Waals surface area contributed by atoms with Crippen molar-refractivity contribution >= 4 is 0 Å². The Labute approximate surface area is 119 Å². The SMILES string of the molecule is CCCCC(CC)CC(CO)Cc1cccc(C)c1. The number of unbranched alkanes of at least 4 members (excludes halogenated alkanes) is 1. The van der Waals surface area contributed by atoms with E-state index in [0.29, 0.717) is 12.5 Å². The molecular weight excluding hydrogens is 232 g/mol. The highest BCUT2D eigenvalue weighted by Crippen LogP contribution is 2.24. The average molecular weight is 262 g/mol. The van der Waals surface area contributed by atoms with Crippen LogP contribution in [0.15, 0.2) is 24.3 Å². The molecule has 0 aliphatic rings. The summed E-state index contributed by atoms with van der Waals surface area (Å²) in [4.78, 5) is 0. The third kappa shape index (κ3) is 6.24. The highest BCUT2D eigenvalue weighted by molar-refractivity contribution is 5.22. The maximum Gasteiger partial charge on any atom is 0.0462 e. The Morgan fingerprint density at radius 2 is 1.95 bits per heavy atom. The fraction of sp³-hybridized carbons (Fsp3) is 0.667. The van der Waals surface area contributed by atoms with Gasteiger partial charge in [-0.25, -0.2) is 0 Å². The molecule has 0 heterocycles. The molecule has 1 aromatic rings. The van der Waals surface area contributed by atoms with Gasteiger partial charge < -0.3 is 5.11 Å². The van der Waals surface area contributed by atoms with Gasteiger partial charge in [-0.3, -0.25) is 0 Å². The maximum absolute atomic E-state index is 9.63. The Morgan fingerprint density at radius 3 is 2.53 bits per heavy atom. The van der Waals surface area contributed by atoms with Crippen molar-refractivity contribution in [1.29, 1.82) is 0 Å². The zero-order valence-electron chi connectivity index (χ0n) is 12.9. The number of aryl methyl sites for hydroxylation is 1. The smallest absolute Gasteiger partial charge is 0.0462 e. The van der Waals surface area contributed by atoms with Gasteiger partial charge in [0.2, 0.25) is 0 Å². The van der Waals surface area contributed by atoms with Crippen LogP contribution in [0.2, 0.25) is 0 Å². The topological polar surface area (TPSA) is 20.2 Å². The molecule has 0 radical (unpaired) electrons. The van der Waals surface area contributed by atoms with E-state index in [1.807, 2.05) is 0 Å². The van der Waals surface area contributed by atoms with Crippen LogP contribution in [-0.4, -0.2) is 11.7 Å². The fourth-order valence-electron chi connectivity index (χ4n) is 2.85. The predicted octanol–water partition coefficient (Wildman–Crippen LogP) is 4.75. The molecule has 0 amide bonds. The number of aliphatic hydroxyl groups is 1. The van der Waals surface area contributed by atoms with Gasteiger partial charge in [0.1, 0.15) is 0 Å². The van der Waals surface area contributed by atoms with Crippen LogP contribution in [-0.2, 0) is 6.42 Å². The van der Waals surface area contributed by atoms with E-state index >= 15 is 0 Å². The summed E-state index contributed by atoms with van der Waals surface area (Å²) in [7, 11) is 0. The van der Waals surface area contributed by atoms with E-state index < -0.39 is 0 Å². The summed E-state index contributed by atoms with van der Waals surface area (Å²) in [5.74, 6) is 1.20. The van der Waals surface area contributed by atoms with E-state index in [2.05, 4.69) is 45.0 Å². The summed E-state index contributed by atoms with van der Waals surface area (Å²) in [6.07, 6.45) is 7.34. The molecule has 0 bridgehead atoms. The van der Waals surface area contributed by atoms with E-state index in [-0.39, 0.29) is 0 Å². The highest BCUT2D eigenvalue weighted by Gasteiger charge is 2.15. The second kappa shape index (κ2) is 9.14. The van der Waals surface area contributed by atoms with Gasteiger partial charge in [-0.05, 0) is 37.2 Å². The number of hydrogen-bond acceptors (Lipinski definition) is 1. The van der Waals surface area contributed by atoms with Crippen LogP contribution in [0.1, 0.15) is 57.1 Å². The van der Waals surface area contributed by atoms with Crippen molar-refractivity contribution in [2.75, 3.05) is 6.61 Å². The van der Waals surface area contributed by atoms with Crippen molar-refractivity contribution in [2.45, 2.75) is 59.3 Å². The molecule has 108 valence electrons. The Morgan fingerprint density at radius 1 is 1.16 bits per heavy atom. The van der Waals surface area contributed by atoms with Crippen molar-refractivity contribution in [2.24, 2.45) is 11.8 Å². The lowest BCUT2D eigenvalue weighted by Gasteiger charge is -2.21. The molecule has 0 aliphatic heterocycles. The number of hydrogen-bond donors (Lipinski definition) is 1. The first-order valence-electron chi connectivity index (χ1n) is 7.85. The minimum atomic E-state index is 0.316. The monoisotopic (exact) mass is 262 g/mol. The van der Waals surface area contributed by atoms with E-state index in [1.165, 1.54) is 43.2 Å². The van der Waals surface area contributed by atoms with E-state index in [0.717, 1.165) is 12.3 Å². The zero-order valence-corrected chi connectivity index (χ0v) is 12.9. The highest BCUT2D eigenvalue weighted by atomic mass is 16.3. The standard InChI is InChI=1S/C18H30O/c1-4-6-9-16(5-2)12-18(14-19)13-17-10-7-8-15(3)11-17/h7-8,10-11,16,18-19H,4-6,9,12-14H2,1-3H3. The Balaban J connectivity index is 2.52. The largest absolute Gasteiger partial charge is 0.396 e. The summed E-state index contributed by atoms with van der Waals surface area (Å²) < 4.78 is 0. The third-order valence-electron chi connectivity index (χ3n) is 4.08. The van der Waals surface area contributed by atoms with Gasteiger partial charge in [-0.1, -0.05) is 69.4 Å². The Bertz CT molecular complexity index is 345. The molecule has 19 heavy (non-hydrogen) atoms. The van der Waals surface area contributed by atoms with Gasteiger partial charge in [0.05, 0.1) is 0 Å². The van der Waals surface area contributed by atoms with Gasteiger partial charge in [0.25, 0.3) is 0 Å². The Kier molecular flexibility index (Phi) is 7.81. The van der Waals surface area contributed by atoms with Crippen LogP contribution in [0.4, 0.5) is 0 Å². The lowest BCUT2D eigenvalue weighted by Crippen LogP contribution is -2.15. The van der Waals surface area contributed by atoms with Crippen molar-refractivity contribution in [1.82, 2.24) is 0 Å². The molecule has 0 aliphatic carbocycles. The lowest BCUT2D eigenvalue weighted by atomic mass is 9.86. The minimum absolute atomic E-state index is 0.316. The number of aliphatic hydroxyl groups excluding tert-OH is 1. The zero-order chi connectivity index (χ0) is 14.1. The van der Waals surface area contributed by atoms with Crippen LogP contribution in [0, 0.1) is 18.8 Å². The summed E-state index contributed by atoms with van der Waals surface area (Å²) in [5, 5.41) is 9.63. The Hall–Kier alpha value is -0.820. The maximum atomic E-state index is 9.63. The molecule has 1 nitrogen and oxygen atoms in total. The molecular formula is C18H30O. The average Bonchev–Trinajstić information content (AvgIpc) is 2.42. The molecule has 0 spiro atoms. The van der Waals surface area contributed by atoms with E-state index in [4.69, 9.17) is 0 Å². The van der Waals surface area contributed by atoms with Crippen molar-refractivity contribution < 1.29 is 5.11 Å². The van der Waals surface area contributed by atoms with Gasteiger partial charge in [-0.2, -0.15) is 0 Å². The van der Waals surface area contributed by atoms with Crippen LogP contribution < -0.4 is 0 Å². The number of rotatable bonds is 9. The molecule has 1 heteroatoms. The first-order chi connectivity index (χ1) is 9.19. The second-order valence-corrected chi connectivity index (χ2v) is 5.89. The van der Waals surface area contributed by atoms with Crippen LogP contribution in [0.25, 0.3) is 0 Å². The molecule has 0 saturated carbocycles. The molecule has 1 rings (SSSR count). The third-order valence-corrected chi connectivity index (χ3v) is 4.08. The second-order valence-electron chi connectivity index (χ2n) is 5.89. The molecule has 0 aromatic heterocycles. The molecule has 1 aromatic carbocycles. The summed E-state index contributed by atoms with van der Waals surface area (Å²) >= 11 is 0. The van der Waals surface area contributed by atoms with Crippen molar-refractivity contribution in [3.63, 3.8) is 0 Å². The van der Waals surface area contributed by atoms with E-state index in [9.17, 15) is 5.11 Å².